The molecule has 7 nitrogen and oxygen atoms in total. The molecule has 1 aromatic heterocycles. The van der Waals surface area contributed by atoms with Crippen molar-refractivity contribution in [2.75, 3.05) is 13.1 Å². The van der Waals surface area contributed by atoms with Gasteiger partial charge in [0.2, 0.25) is 15.9 Å². The summed E-state index contributed by atoms with van der Waals surface area (Å²) in [6.45, 7) is 5.28. The number of nitrogens with one attached hydrogen (secondary N) is 1. The van der Waals surface area contributed by atoms with Crippen molar-refractivity contribution in [1.82, 2.24) is 19.4 Å². The number of rotatable bonds is 9. The summed E-state index contributed by atoms with van der Waals surface area (Å²) in [5, 5.41) is 8.09. The zero-order valence-corrected chi connectivity index (χ0v) is 24.4. The van der Waals surface area contributed by atoms with Crippen LogP contribution in [0.3, 0.4) is 0 Å². The molecule has 1 aliphatic rings. The zero-order valence-electron chi connectivity index (χ0n) is 21.3. The molecular formula is C27H31Cl3N4O3S. The van der Waals surface area contributed by atoms with Crippen LogP contribution in [0.2, 0.25) is 15.1 Å². The number of carbonyl (C=O) groups is 1. The summed E-state index contributed by atoms with van der Waals surface area (Å²) in [4.78, 5) is 12.7. The molecule has 1 N–H and O–H groups in total. The fourth-order valence-electron chi connectivity index (χ4n) is 4.64. The van der Waals surface area contributed by atoms with Gasteiger partial charge in [-0.15, -0.1) is 0 Å². The van der Waals surface area contributed by atoms with Crippen LogP contribution >= 0.6 is 34.8 Å². The number of para-hydroxylation sites is 1. The van der Waals surface area contributed by atoms with Gasteiger partial charge in [-0.3, -0.25) is 4.79 Å². The smallest absolute Gasteiger partial charge is 0.244 e. The Morgan fingerprint density at radius 3 is 2.34 bits per heavy atom. The summed E-state index contributed by atoms with van der Waals surface area (Å²) >= 11 is 18.1. The van der Waals surface area contributed by atoms with E-state index in [1.165, 1.54) is 16.4 Å². The van der Waals surface area contributed by atoms with Crippen molar-refractivity contribution < 1.29 is 13.2 Å². The Morgan fingerprint density at radius 1 is 1.03 bits per heavy atom. The summed E-state index contributed by atoms with van der Waals surface area (Å²) in [5.74, 6) is 0.488. The quantitative estimate of drug-likeness (QED) is 0.301. The summed E-state index contributed by atoms with van der Waals surface area (Å²) in [6.07, 6.45) is 2.37. The first-order chi connectivity index (χ1) is 18.0. The van der Waals surface area contributed by atoms with Gasteiger partial charge in [0.1, 0.15) is 4.90 Å². The molecule has 1 saturated heterocycles. The van der Waals surface area contributed by atoms with Crippen molar-refractivity contribution in [1.29, 1.82) is 0 Å². The standard InChI is InChI=1S/C27H31Cl3N4O3S/c1-18(2)12-22-14-20(32-34(22)21-6-4-3-5-7-21)17-31-27(35)13-19-8-10-33(11-9-19)38(36,37)26-16-24(29)23(28)15-25(26)30/h3-7,14-16,18-19H,8-13,17H2,1-2H3,(H,31,35). The van der Waals surface area contributed by atoms with Gasteiger partial charge in [0.05, 0.1) is 33.0 Å². The summed E-state index contributed by atoms with van der Waals surface area (Å²) in [5.41, 5.74) is 2.90. The Bertz CT molecular complexity index is 1390. The van der Waals surface area contributed by atoms with E-state index in [4.69, 9.17) is 39.9 Å². The lowest BCUT2D eigenvalue weighted by Gasteiger charge is -2.31. The average Bonchev–Trinajstić information content (AvgIpc) is 3.27. The number of piperidine rings is 1. The van der Waals surface area contributed by atoms with Crippen molar-refractivity contribution in [3.63, 3.8) is 0 Å². The SMILES string of the molecule is CC(C)Cc1cc(CNC(=O)CC2CCN(S(=O)(=O)c3cc(Cl)c(Cl)cc3Cl)CC2)nn1-c1ccccc1. The Morgan fingerprint density at radius 2 is 1.68 bits per heavy atom. The fourth-order valence-corrected chi connectivity index (χ4v) is 7.08. The molecule has 1 amide bonds. The highest BCUT2D eigenvalue weighted by Gasteiger charge is 2.32. The third-order valence-electron chi connectivity index (χ3n) is 6.56. The second kappa shape index (κ2) is 12.4. The maximum atomic E-state index is 13.1. The van der Waals surface area contributed by atoms with Crippen molar-refractivity contribution in [2.45, 2.75) is 51.0 Å². The Hall–Kier alpha value is -2.10. The van der Waals surface area contributed by atoms with E-state index in [1.807, 2.05) is 41.1 Å². The van der Waals surface area contributed by atoms with Crippen LogP contribution in [0.5, 0.6) is 0 Å². The molecule has 0 unspecified atom stereocenters. The summed E-state index contributed by atoms with van der Waals surface area (Å²) in [7, 11) is -3.82. The maximum Gasteiger partial charge on any atom is 0.244 e. The molecule has 38 heavy (non-hydrogen) atoms. The van der Waals surface area contributed by atoms with Crippen LogP contribution in [0.25, 0.3) is 5.69 Å². The predicted octanol–water partition coefficient (Wildman–Crippen LogP) is 6.14. The molecular weight excluding hydrogens is 567 g/mol. The largest absolute Gasteiger partial charge is 0.350 e. The van der Waals surface area contributed by atoms with Crippen molar-refractivity contribution in [3.05, 3.63) is 75.0 Å². The van der Waals surface area contributed by atoms with E-state index in [-0.39, 0.29) is 31.8 Å². The van der Waals surface area contributed by atoms with Crippen molar-refractivity contribution >= 4 is 50.7 Å². The van der Waals surface area contributed by atoms with E-state index in [1.54, 1.807) is 0 Å². The van der Waals surface area contributed by atoms with E-state index in [0.29, 0.717) is 44.8 Å². The van der Waals surface area contributed by atoms with Gasteiger partial charge >= 0.3 is 0 Å². The van der Waals surface area contributed by atoms with Gasteiger partial charge in [-0.05, 0) is 61.4 Å². The number of aromatic nitrogens is 2. The third-order valence-corrected chi connectivity index (χ3v) is 9.64. The van der Waals surface area contributed by atoms with Crippen molar-refractivity contribution in [3.8, 4) is 5.69 Å². The fraction of sp³-hybridized carbons (Fsp3) is 0.407. The number of sulfonamides is 1. The molecule has 0 aliphatic carbocycles. The second-order valence-corrected chi connectivity index (χ2v) is 13.1. The topological polar surface area (TPSA) is 84.3 Å². The lowest BCUT2D eigenvalue weighted by atomic mass is 9.94. The molecule has 204 valence electrons. The highest BCUT2D eigenvalue weighted by molar-refractivity contribution is 7.89. The van der Waals surface area contributed by atoms with Crippen LogP contribution < -0.4 is 5.32 Å². The van der Waals surface area contributed by atoms with Gasteiger partial charge in [-0.2, -0.15) is 9.40 Å². The minimum Gasteiger partial charge on any atom is -0.350 e. The normalized spacial score (nSPS) is 15.2. The minimum absolute atomic E-state index is 0.0344. The molecule has 11 heteroatoms. The number of amides is 1. The predicted molar refractivity (Wildman–Crippen MR) is 152 cm³/mol. The first kappa shape index (κ1) is 28.9. The molecule has 1 aliphatic heterocycles. The van der Waals surface area contributed by atoms with Gasteiger partial charge in [-0.25, -0.2) is 13.1 Å². The summed E-state index contributed by atoms with van der Waals surface area (Å²) in [6, 6.07) is 14.6. The number of carbonyl (C=O) groups excluding carboxylic acids is 1. The third kappa shape index (κ3) is 6.90. The minimum atomic E-state index is -3.82. The number of benzene rings is 2. The molecule has 0 radical (unpaired) electrons. The highest BCUT2D eigenvalue weighted by Crippen LogP contribution is 2.34. The first-order valence-corrected chi connectivity index (χ1v) is 15.2. The average molecular weight is 598 g/mol. The highest BCUT2D eigenvalue weighted by atomic mass is 35.5. The molecule has 0 bridgehead atoms. The lowest BCUT2D eigenvalue weighted by molar-refractivity contribution is -0.122. The van der Waals surface area contributed by atoms with Gasteiger partial charge in [0, 0.05) is 25.2 Å². The number of nitrogens with zero attached hydrogens (tertiary/aromatic N) is 3. The number of hydrogen-bond acceptors (Lipinski definition) is 4. The monoisotopic (exact) mass is 596 g/mol. The molecule has 0 atom stereocenters. The first-order valence-electron chi connectivity index (χ1n) is 12.6. The zero-order chi connectivity index (χ0) is 27.4. The maximum absolute atomic E-state index is 13.1. The number of hydrogen-bond donors (Lipinski definition) is 1. The van der Waals surface area contributed by atoms with Crippen LogP contribution in [-0.4, -0.2) is 41.5 Å². The number of halogens is 3. The van der Waals surface area contributed by atoms with Gasteiger partial charge in [0.15, 0.2) is 0 Å². The van der Waals surface area contributed by atoms with Crippen LogP contribution in [-0.2, 0) is 27.8 Å². The van der Waals surface area contributed by atoms with Crippen LogP contribution in [0.15, 0.2) is 53.4 Å². The van der Waals surface area contributed by atoms with Gasteiger partial charge in [0.25, 0.3) is 0 Å². The molecule has 2 aromatic carbocycles. The van der Waals surface area contributed by atoms with Gasteiger partial charge in [-0.1, -0.05) is 66.8 Å². The van der Waals surface area contributed by atoms with Crippen molar-refractivity contribution in [2.24, 2.45) is 11.8 Å². The van der Waals surface area contributed by atoms with E-state index in [0.717, 1.165) is 23.5 Å². The molecule has 2 heterocycles. The van der Waals surface area contributed by atoms with Crippen LogP contribution in [0, 0.1) is 11.8 Å². The van der Waals surface area contributed by atoms with Gasteiger partial charge < -0.3 is 5.32 Å². The van der Waals surface area contributed by atoms with E-state index >= 15 is 0 Å². The molecule has 3 aromatic rings. The van der Waals surface area contributed by atoms with E-state index in [2.05, 4.69) is 19.2 Å². The van der Waals surface area contributed by atoms with Crippen LogP contribution in [0.1, 0.15) is 44.5 Å². The molecule has 0 saturated carbocycles. The molecule has 4 rings (SSSR count). The Labute approximate surface area is 239 Å². The van der Waals surface area contributed by atoms with E-state index < -0.39 is 10.0 Å². The van der Waals surface area contributed by atoms with Crippen LogP contribution in [0.4, 0.5) is 0 Å². The summed E-state index contributed by atoms with van der Waals surface area (Å²) < 4.78 is 29.6. The Balaban J connectivity index is 1.32. The molecule has 1 fully saturated rings. The second-order valence-electron chi connectivity index (χ2n) is 10.00. The van der Waals surface area contributed by atoms with E-state index in [9.17, 15) is 13.2 Å². The molecule has 0 spiro atoms. The lowest BCUT2D eigenvalue weighted by Crippen LogP contribution is -2.39. The Kier molecular flexibility index (Phi) is 9.42.